The number of para-hydroxylation sites is 1. The Morgan fingerprint density at radius 2 is 1.70 bits per heavy atom. The van der Waals surface area contributed by atoms with Crippen LogP contribution in [0.3, 0.4) is 0 Å². The molecule has 3 aromatic rings. The summed E-state index contributed by atoms with van der Waals surface area (Å²) in [4.78, 5) is 3.31. The highest BCUT2D eigenvalue weighted by atomic mass is 32.1. The van der Waals surface area contributed by atoms with Crippen molar-refractivity contribution in [2.24, 2.45) is 0 Å². The Balaban J connectivity index is 1.66. The molecule has 0 saturated heterocycles. The van der Waals surface area contributed by atoms with Crippen LogP contribution >= 0.6 is 12.2 Å². The summed E-state index contributed by atoms with van der Waals surface area (Å²) in [6.45, 7) is 3.06. The van der Waals surface area contributed by atoms with E-state index in [2.05, 4.69) is 64.1 Å². The molecule has 0 aliphatic carbocycles. The Bertz CT molecular complexity index is 932. The van der Waals surface area contributed by atoms with Crippen molar-refractivity contribution < 1.29 is 5.11 Å². The number of aryl methyl sites for hydroxylation is 1. The average molecular weight is 379 g/mol. The van der Waals surface area contributed by atoms with E-state index < -0.39 is 0 Å². The van der Waals surface area contributed by atoms with Gasteiger partial charge in [-0.3, -0.25) is 0 Å². The Labute approximate surface area is 166 Å². The largest absolute Gasteiger partial charge is 0.396 e. The number of nitrogens with zero attached hydrogens (tertiary/aromatic N) is 2. The number of hydrogen-bond acceptors (Lipinski definition) is 2. The number of aliphatic hydroxyl groups excluding tert-OH is 1. The molecule has 3 nitrogen and oxygen atoms in total. The number of unbranched alkanes of at least 4 members (excludes halogenated alkanes) is 2. The second kappa shape index (κ2) is 8.24. The third-order valence-corrected chi connectivity index (χ3v) is 5.90. The van der Waals surface area contributed by atoms with Crippen LogP contribution in [0.1, 0.15) is 36.1 Å². The third kappa shape index (κ3) is 3.64. The summed E-state index contributed by atoms with van der Waals surface area (Å²) in [5.74, 6) is 0. The second-order valence-electron chi connectivity index (χ2n) is 7.24. The summed E-state index contributed by atoms with van der Waals surface area (Å²) in [5.41, 5.74) is 5.23. The predicted octanol–water partition coefficient (Wildman–Crippen LogP) is 4.54. The van der Waals surface area contributed by atoms with Crippen LogP contribution in [0.15, 0.2) is 54.6 Å². The number of aromatic nitrogens is 1. The van der Waals surface area contributed by atoms with Crippen molar-refractivity contribution in [3.05, 3.63) is 71.4 Å². The Morgan fingerprint density at radius 3 is 2.52 bits per heavy atom. The van der Waals surface area contributed by atoms with Crippen LogP contribution in [0, 0.1) is 0 Å². The lowest BCUT2D eigenvalue weighted by Crippen LogP contribution is -2.37. The predicted molar refractivity (Wildman–Crippen MR) is 115 cm³/mol. The van der Waals surface area contributed by atoms with Crippen molar-refractivity contribution in [3.63, 3.8) is 0 Å². The maximum absolute atomic E-state index is 9.07. The normalized spacial score (nSPS) is 14.0. The fourth-order valence-corrected chi connectivity index (χ4v) is 4.51. The smallest absolute Gasteiger partial charge is 0.126 e. The Kier molecular flexibility index (Phi) is 5.55. The van der Waals surface area contributed by atoms with Crippen LogP contribution in [0.4, 0.5) is 0 Å². The molecule has 140 valence electrons. The molecule has 0 saturated carbocycles. The van der Waals surface area contributed by atoms with Gasteiger partial charge in [-0.1, -0.05) is 60.7 Å². The minimum atomic E-state index is 0.272. The molecule has 4 heteroatoms. The summed E-state index contributed by atoms with van der Waals surface area (Å²) in [7, 11) is 0. The van der Waals surface area contributed by atoms with Crippen LogP contribution in [-0.4, -0.2) is 32.7 Å². The number of fused-ring (bicyclic) bond motifs is 3. The van der Waals surface area contributed by atoms with Crippen molar-refractivity contribution in [1.29, 1.82) is 0 Å². The van der Waals surface area contributed by atoms with Crippen molar-refractivity contribution in [2.75, 3.05) is 13.2 Å². The number of thiocarbonyl (C=S) groups is 1. The first-order valence-corrected chi connectivity index (χ1v) is 10.2. The summed E-state index contributed by atoms with van der Waals surface area (Å²) in [6.07, 6.45) is 4.00. The molecule has 0 radical (unpaired) electrons. The highest BCUT2D eigenvalue weighted by Gasteiger charge is 2.27. The maximum atomic E-state index is 9.07. The molecule has 0 unspecified atom stereocenters. The molecular weight excluding hydrogens is 352 g/mol. The highest BCUT2D eigenvalue weighted by molar-refractivity contribution is 7.80. The monoisotopic (exact) mass is 378 g/mol. The van der Waals surface area contributed by atoms with Gasteiger partial charge < -0.3 is 14.6 Å². The SMILES string of the molecule is OCCCCCn1c2c(c3ccccc31)CCN(Cc1ccccc1)C2=S. The summed E-state index contributed by atoms with van der Waals surface area (Å²) in [6, 6.07) is 19.3. The Morgan fingerprint density at radius 1 is 0.926 bits per heavy atom. The van der Waals surface area contributed by atoms with Crippen molar-refractivity contribution in [1.82, 2.24) is 9.47 Å². The first kappa shape index (κ1) is 18.2. The summed E-state index contributed by atoms with van der Waals surface area (Å²) < 4.78 is 2.42. The topological polar surface area (TPSA) is 28.4 Å². The molecule has 0 fully saturated rings. The zero-order valence-electron chi connectivity index (χ0n) is 15.6. The van der Waals surface area contributed by atoms with Gasteiger partial charge in [-0.05, 0) is 42.9 Å². The summed E-state index contributed by atoms with van der Waals surface area (Å²) in [5, 5.41) is 10.4. The standard InChI is InChI=1S/C23H26N2OS/c26-16-8-2-7-14-25-21-12-6-5-11-19(21)20-13-15-24(23(27)22(20)25)17-18-9-3-1-4-10-18/h1,3-6,9-12,26H,2,7-8,13-17H2. The van der Waals surface area contributed by atoms with E-state index in [4.69, 9.17) is 17.3 Å². The van der Waals surface area contributed by atoms with E-state index in [9.17, 15) is 0 Å². The van der Waals surface area contributed by atoms with Gasteiger partial charge in [0, 0.05) is 37.1 Å². The van der Waals surface area contributed by atoms with Crippen molar-refractivity contribution >= 4 is 28.1 Å². The fraction of sp³-hybridized carbons (Fsp3) is 0.348. The molecule has 0 bridgehead atoms. The van der Waals surface area contributed by atoms with E-state index in [-0.39, 0.29) is 6.61 Å². The Hall–Kier alpha value is -2.17. The number of hydrogen-bond donors (Lipinski definition) is 1. The lowest BCUT2D eigenvalue weighted by molar-refractivity contribution is 0.282. The fourth-order valence-electron chi connectivity index (χ4n) is 4.12. The lowest BCUT2D eigenvalue weighted by Gasteiger charge is -2.31. The number of rotatable bonds is 7. The first-order chi connectivity index (χ1) is 13.3. The van der Waals surface area contributed by atoms with Crippen LogP contribution in [0.5, 0.6) is 0 Å². The molecule has 0 amide bonds. The minimum absolute atomic E-state index is 0.272. The molecule has 0 spiro atoms. The number of benzene rings is 2. The lowest BCUT2D eigenvalue weighted by atomic mass is 10.0. The molecule has 2 heterocycles. The molecular formula is C23H26N2OS. The molecule has 0 atom stereocenters. The van der Waals surface area contributed by atoms with Gasteiger partial charge in [0.15, 0.2) is 0 Å². The van der Waals surface area contributed by atoms with Gasteiger partial charge in [0.1, 0.15) is 4.99 Å². The first-order valence-electron chi connectivity index (χ1n) is 9.83. The van der Waals surface area contributed by atoms with Crippen LogP contribution in [-0.2, 0) is 19.5 Å². The average Bonchev–Trinajstić information content (AvgIpc) is 3.03. The molecule has 2 aromatic carbocycles. The van der Waals surface area contributed by atoms with E-state index in [0.29, 0.717) is 0 Å². The minimum Gasteiger partial charge on any atom is -0.396 e. The summed E-state index contributed by atoms with van der Waals surface area (Å²) >= 11 is 5.98. The zero-order chi connectivity index (χ0) is 18.6. The quantitative estimate of drug-likeness (QED) is 0.483. The van der Waals surface area contributed by atoms with E-state index in [1.807, 2.05) is 0 Å². The number of aliphatic hydroxyl groups is 1. The van der Waals surface area contributed by atoms with Crippen LogP contribution in [0.2, 0.25) is 0 Å². The highest BCUT2D eigenvalue weighted by Crippen LogP contribution is 2.32. The molecule has 1 aromatic heterocycles. The molecule has 1 N–H and O–H groups in total. The van der Waals surface area contributed by atoms with E-state index in [1.165, 1.54) is 27.7 Å². The van der Waals surface area contributed by atoms with Crippen molar-refractivity contribution in [2.45, 2.75) is 38.8 Å². The zero-order valence-corrected chi connectivity index (χ0v) is 16.4. The van der Waals surface area contributed by atoms with Gasteiger partial charge in [-0.2, -0.15) is 0 Å². The van der Waals surface area contributed by atoms with Gasteiger partial charge in [-0.25, -0.2) is 0 Å². The van der Waals surface area contributed by atoms with E-state index in [1.54, 1.807) is 0 Å². The maximum Gasteiger partial charge on any atom is 0.126 e. The van der Waals surface area contributed by atoms with Gasteiger partial charge in [-0.15, -0.1) is 0 Å². The molecule has 4 rings (SSSR count). The molecule has 27 heavy (non-hydrogen) atoms. The van der Waals surface area contributed by atoms with Crippen LogP contribution in [0.25, 0.3) is 10.9 Å². The van der Waals surface area contributed by atoms with Gasteiger partial charge in [0.2, 0.25) is 0 Å². The van der Waals surface area contributed by atoms with Crippen molar-refractivity contribution in [3.8, 4) is 0 Å². The molecule has 1 aliphatic rings. The van der Waals surface area contributed by atoms with Gasteiger partial charge in [0.25, 0.3) is 0 Å². The van der Waals surface area contributed by atoms with Gasteiger partial charge in [0.05, 0.1) is 5.69 Å². The van der Waals surface area contributed by atoms with Crippen LogP contribution < -0.4 is 0 Å². The van der Waals surface area contributed by atoms with Gasteiger partial charge >= 0.3 is 0 Å². The molecule has 1 aliphatic heterocycles. The third-order valence-electron chi connectivity index (χ3n) is 5.45. The van der Waals surface area contributed by atoms with E-state index >= 15 is 0 Å². The second-order valence-corrected chi connectivity index (χ2v) is 7.63. The van der Waals surface area contributed by atoms with E-state index in [0.717, 1.165) is 50.3 Å².